The molecular weight excluding hydrogens is 360 g/mol. The van der Waals surface area contributed by atoms with E-state index in [0.717, 1.165) is 28.6 Å². The number of rotatable bonds is 7. The zero-order valence-corrected chi connectivity index (χ0v) is 16.7. The summed E-state index contributed by atoms with van der Waals surface area (Å²) in [6, 6.07) is 15.6. The van der Waals surface area contributed by atoms with Gasteiger partial charge in [-0.1, -0.05) is 42.8 Å². The van der Waals surface area contributed by atoms with Crippen LogP contribution in [0.15, 0.2) is 48.5 Å². The molecule has 0 saturated carbocycles. The maximum Gasteiger partial charge on any atom is 0.268 e. The fraction of sp³-hybridized carbons (Fsp3) is 0.318. The monoisotopic (exact) mass is 384 g/mol. The third-order valence-corrected chi connectivity index (χ3v) is 5.08. The predicted molar refractivity (Wildman–Crippen MR) is 111 cm³/mol. The molecule has 0 aliphatic carbocycles. The maximum absolute atomic E-state index is 12.9. The average Bonchev–Trinajstić information content (AvgIpc) is 3.03. The van der Waals surface area contributed by atoms with Gasteiger partial charge in [-0.3, -0.25) is 4.79 Å². The molecule has 4 nitrogen and oxygen atoms in total. The number of amides is 1. The van der Waals surface area contributed by atoms with Crippen molar-refractivity contribution in [3.8, 4) is 5.75 Å². The van der Waals surface area contributed by atoms with Crippen LogP contribution in [0.25, 0.3) is 10.9 Å². The Hall–Kier alpha value is -2.46. The lowest BCUT2D eigenvalue weighted by molar-refractivity contribution is 0.0931. The van der Waals surface area contributed by atoms with E-state index in [0.29, 0.717) is 23.9 Å². The summed E-state index contributed by atoms with van der Waals surface area (Å²) in [4.78, 5) is 12.9. The summed E-state index contributed by atoms with van der Waals surface area (Å²) >= 11 is 6.37. The highest BCUT2D eigenvalue weighted by atomic mass is 35.5. The van der Waals surface area contributed by atoms with Gasteiger partial charge in [-0.15, -0.1) is 0 Å². The van der Waals surface area contributed by atoms with E-state index in [1.165, 1.54) is 0 Å². The van der Waals surface area contributed by atoms with E-state index in [1.54, 1.807) is 0 Å². The van der Waals surface area contributed by atoms with E-state index in [-0.39, 0.29) is 11.9 Å². The Kier molecular flexibility index (Phi) is 6.07. The van der Waals surface area contributed by atoms with E-state index >= 15 is 0 Å². The van der Waals surface area contributed by atoms with Crippen molar-refractivity contribution in [2.75, 3.05) is 6.61 Å². The average molecular weight is 385 g/mol. The second kappa shape index (κ2) is 8.49. The van der Waals surface area contributed by atoms with Crippen molar-refractivity contribution in [2.45, 2.75) is 39.8 Å². The van der Waals surface area contributed by atoms with Gasteiger partial charge in [0.1, 0.15) is 11.4 Å². The third kappa shape index (κ3) is 4.11. The van der Waals surface area contributed by atoms with E-state index in [2.05, 4.69) is 12.2 Å². The van der Waals surface area contributed by atoms with Crippen LogP contribution >= 0.6 is 11.6 Å². The van der Waals surface area contributed by atoms with Gasteiger partial charge in [0.15, 0.2) is 0 Å². The molecule has 142 valence electrons. The number of aromatic nitrogens is 1. The molecule has 1 N–H and O–H groups in total. The molecule has 0 radical (unpaired) electrons. The quantitative estimate of drug-likeness (QED) is 0.603. The number of carbonyl (C=O) groups excluding carboxylic acids is 1. The second-order valence-corrected chi connectivity index (χ2v) is 7.02. The van der Waals surface area contributed by atoms with Crippen molar-refractivity contribution in [1.29, 1.82) is 0 Å². The first-order chi connectivity index (χ1) is 13.0. The van der Waals surface area contributed by atoms with Crippen molar-refractivity contribution in [1.82, 2.24) is 9.88 Å². The smallest absolute Gasteiger partial charge is 0.268 e. The molecule has 5 heteroatoms. The Labute approximate surface area is 165 Å². The number of halogens is 1. The Balaban J connectivity index is 2.12. The highest BCUT2D eigenvalue weighted by Crippen LogP contribution is 2.30. The summed E-state index contributed by atoms with van der Waals surface area (Å²) < 4.78 is 7.78. The fourth-order valence-corrected chi connectivity index (χ4v) is 3.29. The first kappa shape index (κ1) is 19.3. The Morgan fingerprint density at radius 2 is 1.96 bits per heavy atom. The molecule has 1 aromatic heterocycles. The van der Waals surface area contributed by atoms with Crippen molar-refractivity contribution >= 4 is 28.4 Å². The lowest BCUT2D eigenvalue weighted by atomic mass is 10.2. The van der Waals surface area contributed by atoms with Gasteiger partial charge in [-0.05, 0) is 50.1 Å². The van der Waals surface area contributed by atoms with E-state index in [4.69, 9.17) is 16.3 Å². The molecule has 0 aliphatic rings. The van der Waals surface area contributed by atoms with Gasteiger partial charge < -0.3 is 14.6 Å². The van der Waals surface area contributed by atoms with Crippen LogP contribution < -0.4 is 10.1 Å². The summed E-state index contributed by atoms with van der Waals surface area (Å²) in [5.41, 5.74) is 2.53. The SMILES string of the molecule is CCOc1cccc2c1cc(C(=O)N[C@H](C)CC)n2Cc1ccccc1Cl. The van der Waals surface area contributed by atoms with Gasteiger partial charge in [-0.2, -0.15) is 0 Å². The molecule has 1 amide bonds. The van der Waals surface area contributed by atoms with Gasteiger partial charge in [0.25, 0.3) is 5.91 Å². The molecule has 0 bridgehead atoms. The van der Waals surface area contributed by atoms with Crippen LogP contribution in [-0.2, 0) is 6.54 Å². The normalized spacial score (nSPS) is 12.1. The standard InChI is InChI=1S/C22H25ClN2O2/c1-4-15(3)24-22(26)20-13-17-19(11-8-12-21(17)27-5-2)25(20)14-16-9-6-7-10-18(16)23/h6-13,15H,4-5,14H2,1-3H3,(H,24,26)/t15-/m1/s1. The summed E-state index contributed by atoms with van der Waals surface area (Å²) in [6.45, 7) is 7.10. The lowest BCUT2D eigenvalue weighted by Crippen LogP contribution is -2.33. The lowest BCUT2D eigenvalue weighted by Gasteiger charge is -2.15. The number of hydrogen-bond acceptors (Lipinski definition) is 2. The van der Waals surface area contributed by atoms with Crippen LogP contribution in [-0.4, -0.2) is 23.1 Å². The molecular formula is C22H25ClN2O2. The van der Waals surface area contributed by atoms with Gasteiger partial charge >= 0.3 is 0 Å². The Bertz CT molecular complexity index is 949. The number of nitrogens with one attached hydrogen (secondary N) is 1. The fourth-order valence-electron chi connectivity index (χ4n) is 3.09. The number of ether oxygens (including phenoxy) is 1. The highest BCUT2D eigenvalue weighted by Gasteiger charge is 2.19. The minimum atomic E-state index is -0.0879. The molecule has 0 fully saturated rings. The summed E-state index contributed by atoms with van der Waals surface area (Å²) in [5, 5.41) is 4.69. The topological polar surface area (TPSA) is 43.3 Å². The van der Waals surface area contributed by atoms with Crippen molar-refractivity contribution in [3.05, 3.63) is 64.8 Å². The van der Waals surface area contributed by atoms with E-state index in [1.807, 2.05) is 66.9 Å². The third-order valence-electron chi connectivity index (χ3n) is 4.71. The second-order valence-electron chi connectivity index (χ2n) is 6.61. The Morgan fingerprint density at radius 1 is 1.19 bits per heavy atom. The number of fused-ring (bicyclic) bond motifs is 1. The number of carbonyl (C=O) groups is 1. The van der Waals surface area contributed by atoms with Crippen LogP contribution in [0, 0.1) is 0 Å². The van der Waals surface area contributed by atoms with Crippen molar-refractivity contribution < 1.29 is 9.53 Å². The first-order valence-corrected chi connectivity index (χ1v) is 9.72. The summed E-state index contributed by atoms with van der Waals surface area (Å²) in [6.07, 6.45) is 0.876. The zero-order valence-electron chi connectivity index (χ0n) is 16.0. The largest absolute Gasteiger partial charge is 0.493 e. The highest BCUT2D eigenvalue weighted by molar-refractivity contribution is 6.31. The van der Waals surface area contributed by atoms with Crippen molar-refractivity contribution in [3.63, 3.8) is 0 Å². The van der Waals surface area contributed by atoms with Crippen LogP contribution in [0.2, 0.25) is 5.02 Å². The summed E-state index contributed by atoms with van der Waals surface area (Å²) in [7, 11) is 0. The van der Waals surface area contributed by atoms with E-state index in [9.17, 15) is 4.79 Å². The molecule has 0 aliphatic heterocycles. The maximum atomic E-state index is 12.9. The molecule has 3 rings (SSSR count). The van der Waals surface area contributed by atoms with Gasteiger partial charge in [0.2, 0.25) is 0 Å². The molecule has 0 spiro atoms. The van der Waals surface area contributed by atoms with Gasteiger partial charge in [0.05, 0.1) is 12.1 Å². The van der Waals surface area contributed by atoms with Crippen LogP contribution in [0.3, 0.4) is 0 Å². The molecule has 2 aromatic carbocycles. The molecule has 0 unspecified atom stereocenters. The zero-order chi connectivity index (χ0) is 19.4. The minimum absolute atomic E-state index is 0.0879. The van der Waals surface area contributed by atoms with Crippen molar-refractivity contribution in [2.24, 2.45) is 0 Å². The molecule has 27 heavy (non-hydrogen) atoms. The number of benzene rings is 2. The predicted octanol–water partition coefficient (Wildman–Crippen LogP) is 5.27. The molecule has 1 atom stereocenters. The summed E-state index contributed by atoms with van der Waals surface area (Å²) in [5.74, 6) is 0.695. The van der Waals surface area contributed by atoms with Gasteiger partial charge in [-0.25, -0.2) is 0 Å². The molecule has 3 aromatic rings. The Morgan fingerprint density at radius 3 is 2.67 bits per heavy atom. The van der Waals surface area contributed by atoms with Gasteiger partial charge in [0, 0.05) is 23.0 Å². The molecule has 1 heterocycles. The van der Waals surface area contributed by atoms with Crippen LogP contribution in [0.4, 0.5) is 0 Å². The molecule has 0 saturated heterocycles. The first-order valence-electron chi connectivity index (χ1n) is 9.34. The van der Waals surface area contributed by atoms with Crippen LogP contribution in [0.5, 0.6) is 5.75 Å². The number of hydrogen-bond donors (Lipinski definition) is 1. The minimum Gasteiger partial charge on any atom is -0.493 e. The number of nitrogens with zero attached hydrogens (tertiary/aromatic N) is 1. The van der Waals surface area contributed by atoms with Crippen LogP contribution in [0.1, 0.15) is 43.2 Å². The van der Waals surface area contributed by atoms with E-state index < -0.39 is 0 Å².